The van der Waals surface area contributed by atoms with Gasteiger partial charge in [0.25, 0.3) is 0 Å². The Kier molecular flexibility index (Phi) is 14.3. The highest BCUT2D eigenvalue weighted by Gasteiger charge is 2.46. The van der Waals surface area contributed by atoms with Crippen molar-refractivity contribution < 1.29 is 32.9 Å². The van der Waals surface area contributed by atoms with Crippen molar-refractivity contribution in [2.45, 2.75) is 65.5 Å². The number of aromatic nitrogens is 2. The Balaban J connectivity index is 1.22. The van der Waals surface area contributed by atoms with Crippen molar-refractivity contribution in [2.24, 2.45) is 11.3 Å². The van der Waals surface area contributed by atoms with Crippen LogP contribution in [0.1, 0.15) is 73.4 Å². The first kappa shape index (κ1) is 39.7. The fraction of sp³-hybridized carbons (Fsp3) is 0.500. The van der Waals surface area contributed by atoms with Crippen molar-refractivity contribution >= 4 is 17.8 Å². The zero-order valence-corrected chi connectivity index (χ0v) is 31.9. The SMILES string of the molecule is C/C=C\C=C/c1cnc(C(=O)C2CCN(CCCC3(Cc4ccc(F)cc4)CCN(Cc4cc(OC)c(OC)c(OC)c4)C3=O)CC2)n1CCOCC. The Labute approximate surface area is 313 Å². The lowest BCUT2D eigenvalue weighted by atomic mass is 9.76. The molecule has 0 radical (unpaired) electrons. The van der Waals surface area contributed by atoms with Gasteiger partial charge in [-0.05, 0) is 113 Å². The smallest absolute Gasteiger partial charge is 0.229 e. The van der Waals surface area contributed by atoms with Crippen LogP contribution < -0.4 is 14.2 Å². The third kappa shape index (κ3) is 9.74. The minimum atomic E-state index is -0.593. The molecule has 2 aromatic carbocycles. The van der Waals surface area contributed by atoms with Crippen LogP contribution in [0.3, 0.4) is 0 Å². The maximum Gasteiger partial charge on any atom is 0.229 e. The number of nitrogens with zero attached hydrogens (tertiary/aromatic N) is 4. The number of benzene rings is 2. The van der Waals surface area contributed by atoms with Crippen LogP contribution in [0.15, 0.2) is 60.8 Å². The van der Waals surface area contributed by atoms with Crippen molar-refractivity contribution in [1.82, 2.24) is 19.4 Å². The largest absolute Gasteiger partial charge is 0.493 e. The number of carbonyl (C=O) groups is 2. The zero-order valence-electron chi connectivity index (χ0n) is 31.9. The Bertz CT molecular complexity index is 1700. The summed E-state index contributed by atoms with van der Waals surface area (Å²) < 4.78 is 38.0. The van der Waals surface area contributed by atoms with Gasteiger partial charge >= 0.3 is 0 Å². The Morgan fingerprint density at radius 3 is 2.34 bits per heavy atom. The van der Waals surface area contributed by atoms with Gasteiger partial charge in [-0.15, -0.1) is 0 Å². The number of Topliss-reactive ketones (excluding diaryl/α,β-unsaturated/α-hetero) is 1. The molecular formula is C42H55FN4O6. The summed E-state index contributed by atoms with van der Waals surface area (Å²) in [6.07, 6.45) is 14.0. The average Bonchev–Trinajstić information content (AvgIpc) is 3.71. The summed E-state index contributed by atoms with van der Waals surface area (Å²) in [5, 5.41) is 0. The Hall–Kier alpha value is -4.48. The van der Waals surface area contributed by atoms with Crippen LogP contribution >= 0.6 is 0 Å². The van der Waals surface area contributed by atoms with Gasteiger partial charge in [-0.3, -0.25) is 9.59 Å². The van der Waals surface area contributed by atoms with Gasteiger partial charge in [0.05, 0.1) is 45.2 Å². The van der Waals surface area contributed by atoms with Crippen LogP contribution in [0, 0.1) is 17.2 Å². The second-order valence-electron chi connectivity index (χ2n) is 13.9. The van der Waals surface area contributed by atoms with Crippen LogP contribution in [0.2, 0.25) is 0 Å². The number of ketones is 1. The lowest BCUT2D eigenvalue weighted by Gasteiger charge is -2.33. The van der Waals surface area contributed by atoms with Crippen LogP contribution in [-0.2, 0) is 29.0 Å². The summed E-state index contributed by atoms with van der Waals surface area (Å²) in [7, 11) is 4.73. The van der Waals surface area contributed by atoms with E-state index in [0.29, 0.717) is 75.2 Å². The predicted molar refractivity (Wildman–Crippen MR) is 204 cm³/mol. The maximum atomic E-state index is 14.3. The number of hydrogen-bond donors (Lipinski definition) is 0. The van der Waals surface area contributed by atoms with Gasteiger partial charge < -0.3 is 33.3 Å². The number of methoxy groups -OCH3 is 3. The first-order chi connectivity index (χ1) is 25.7. The van der Waals surface area contributed by atoms with E-state index in [2.05, 4.69) is 9.88 Å². The van der Waals surface area contributed by atoms with E-state index in [0.717, 1.165) is 55.7 Å². The van der Waals surface area contributed by atoms with E-state index in [-0.39, 0.29) is 23.4 Å². The molecule has 0 aliphatic carbocycles. The molecule has 2 fully saturated rings. The van der Waals surface area contributed by atoms with E-state index in [1.165, 1.54) is 12.1 Å². The van der Waals surface area contributed by atoms with Gasteiger partial charge in [0, 0.05) is 32.2 Å². The van der Waals surface area contributed by atoms with E-state index < -0.39 is 5.41 Å². The first-order valence-corrected chi connectivity index (χ1v) is 18.8. The number of allylic oxidation sites excluding steroid dienone is 3. The topological polar surface area (TPSA) is 95.4 Å². The summed E-state index contributed by atoms with van der Waals surface area (Å²) in [6.45, 7) is 9.15. The minimum absolute atomic E-state index is 0.0862. The molecule has 5 rings (SSSR count). The maximum absolute atomic E-state index is 14.3. The minimum Gasteiger partial charge on any atom is -0.493 e. The molecule has 0 saturated carbocycles. The van der Waals surface area contributed by atoms with Crippen LogP contribution in [-0.4, -0.2) is 91.8 Å². The molecule has 1 amide bonds. The molecule has 0 bridgehead atoms. The summed E-state index contributed by atoms with van der Waals surface area (Å²) in [4.78, 5) is 37.0. The van der Waals surface area contributed by atoms with Gasteiger partial charge in [-0.25, -0.2) is 9.37 Å². The van der Waals surface area contributed by atoms with E-state index in [1.807, 2.05) is 59.8 Å². The summed E-state index contributed by atoms with van der Waals surface area (Å²) in [6, 6.07) is 10.3. The molecule has 2 saturated heterocycles. The molecule has 286 valence electrons. The monoisotopic (exact) mass is 730 g/mol. The Morgan fingerprint density at radius 2 is 1.70 bits per heavy atom. The fourth-order valence-corrected chi connectivity index (χ4v) is 7.73. The number of rotatable bonds is 19. The van der Waals surface area contributed by atoms with Crippen molar-refractivity contribution in [1.29, 1.82) is 0 Å². The molecule has 53 heavy (non-hydrogen) atoms. The average molecular weight is 731 g/mol. The zero-order chi connectivity index (χ0) is 37.8. The summed E-state index contributed by atoms with van der Waals surface area (Å²) in [5.74, 6) is 1.93. The van der Waals surface area contributed by atoms with Gasteiger partial charge in [-0.1, -0.05) is 30.4 Å². The summed E-state index contributed by atoms with van der Waals surface area (Å²) in [5.41, 5.74) is 2.14. The quantitative estimate of drug-likeness (QED) is 0.0739. The summed E-state index contributed by atoms with van der Waals surface area (Å²) >= 11 is 0. The van der Waals surface area contributed by atoms with E-state index in [1.54, 1.807) is 39.7 Å². The van der Waals surface area contributed by atoms with Crippen LogP contribution in [0.25, 0.3) is 6.08 Å². The lowest BCUT2D eigenvalue weighted by molar-refractivity contribution is -0.137. The normalized spacial score (nSPS) is 18.5. The number of ether oxygens (including phenoxy) is 4. The molecule has 1 atom stereocenters. The van der Waals surface area contributed by atoms with Crippen LogP contribution in [0.5, 0.6) is 17.2 Å². The van der Waals surface area contributed by atoms with E-state index >= 15 is 0 Å². The van der Waals surface area contributed by atoms with E-state index in [4.69, 9.17) is 18.9 Å². The van der Waals surface area contributed by atoms with Crippen LogP contribution in [0.4, 0.5) is 4.39 Å². The molecule has 3 aromatic rings. The van der Waals surface area contributed by atoms with Gasteiger partial charge in [0.1, 0.15) is 5.82 Å². The van der Waals surface area contributed by atoms with Crippen molar-refractivity contribution in [2.75, 3.05) is 60.7 Å². The molecule has 2 aliphatic rings. The molecular weight excluding hydrogens is 675 g/mol. The van der Waals surface area contributed by atoms with E-state index in [9.17, 15) is 14.0 Å². The number of amides is 1. The fourth-order valence-electron chi connectivity index (χ4n) is 7.73. The number of hydrogen-bond acceptors (Lipinski definition) is 8. The number of halogens is 1. The third-order valence-corrected chi connectivity index (χ3v) is 10.6. The third-order valence-electron chi connectivity index (χ3n) is 10.6. The standard InChI is InChI=1S/C42H55FN4O6/c1-6-8-9-11-35-29-44-40(47(35)24-25-53-7-2)38(48)33-16-21-45(22-17-33)20-10-18-42(28-31-12-14-34(43)15-13-31)19-23-46(41(42)49)30-32-26-36(50-3)39(52-5)37(27-32)51-4/h6,8-9,11-15,26-27,29,33H,7,10,16-25,28,30H2,1-5H3/b8-6-,11-9-. The number of piperidine rings is 1. The highest BCUT2D eigenvalue weighted by Crippen LogP contribution is 2.43. The molecule has 11 heteroatoms. The Morgan fingerprint density at radius 1 is 0.981 bits per heavy atom. The van der Waals surface area contributed by atoms with Crippen molar-refractivity contribution in [3.05, 3.63) is 89.3 Å². The molecule has 0 spiro atoms. The molecule has 1 aromatic heterocycles. The molecule has 1 unspecified atom stereocenters. The molecule has 10 nitrogen and oxygen atoms in total. The number of likely N-dealkylation sites (tertiary alicyclic amines) is 2. The first-order valence-electron chi connectivity index (χ1n) is 18.8. The lowest BCUT2D eigenvalue weighted by Crippen LogP contribution is -2.39. The van der Waals surface area contributed by atoms with Gasteiger partial charge in [-0.2, -0.15) is 0 Å². The molecule has 3 heterocycles. The highest BCUT2D eigenvalue weighted by atomic mass is 19.1. The number of carbonyl (C=O) groups excluding carboxylic acids is 2. The molecule has 2 aliphatic heterocycles. The van der Waals surface area contributed by atoms with Crippen molar-refractivity contribution in [3.63, 3.8) is 0 Å². The van der Waals surface area contributed by atoms with Gasteiger partial charge in [0.15, 0.2) is 17.3 Å². The second kappa shape index (κ2) is 19.0. The van der Waals surface area contributed by atoms with Crippen molar-refractivity contribution in [3.8, 4) is 17.2 Å². The predicted octanol–water partition coefficient (Wildman–Crippen LogP) is 7.01. The second-order valence-corrected chi connectivity index (χ2v) is 13.9. The number of imidazole rings is 1. The molecule has 0 N–H and O–H groups in total. The highest BCUT2D eigenvalue weighted by molar-refractivity contribution is 5.95. The van der Waals surface area contributed by atoms with Gasteiger partial charge in [0.2, 0.25) is 17.4 Å².